The van der Waals surface area contributed by atoms with Crippen molar-refractivity contribution in [2.24, 2.45) is 10.7 Å². The molecule has 0 saturated carbocycles. The lowest BCUT2D eigenvalue weighted by atomic mass is 9.84. The summed E-state index contributed by atoms with van der Waals surface area (Å²) in [6, 6.07) is 6.70. The van der Waals surface area contributed by atoms with Gasteiger partial charge in [0.05, 0.1) is 6.54 Å². The second-order valence-corrected chi connectivity index (χ2v) is 7.75. The predicted octanol–water partition coefficient (Wildman–Crippen LogP) is 2.12. The molecule has 0 aliphatic carbocycles. The Balaban J connectivity index is 1.57. The molecular weight excluding hydrogens is 328 g/mol. The zero-order valence-corrected chi connectivity index (χ0v) is 16.3. The van der Waals surface area contributed by atoms with Gasteiger partial charge in [-0.3, -0.25) is 9.89 Å². The molecule has 2 aliphatic heterocycles. The lowest BCUT2D eigenvalue weighted by Gasteiger charge is -2.26. The normalized spacial score (nSPS) is 21.0. The Labute approximate surface area is 156 Å². The Bertz CT molecular complexity index is 645. The number of benzene rings is 1. The highest BCUT2D eigenvalue weighted by molar-refractivity contribution is 5.77. The maximum absolute atomic E-state index is 6.11. The molecule has 0 bridgehead atoms. The molecular formula is C20H32N4O2. The van der Waals surface area contributed by atoms with Crippen LogP contribution in [-0.2, 0) is 5.41 Å². The third-order valence-corrected chi connectivity index (χ3v) is 5.39. The molecule has 144 valence electrons. The molecule has 1 fully saturated rings. The van der Waals surface area contributed by atoms with E-state index in [1.54, 1.807) is 0 Å². The average molecular weight is 361 g/mol. The van der Waals surface area contributed by atoms with E-state index in [-0.39, 0.29) is 5.41 Å². The number of fused-ring (bicyclic) bond motifs is 1. The van der Waals surface area contributed by atoms with Crippen molar-refractivity contribution in [3.05, 3.63) is 23.8 Å². The summed E-state index contributed by atoms with van der Waals surface area (Å²) in [5.41, 5.74) is 7.15. The van der Waals surface area contributed by atoms with Gasteiger partial charge in [0.1, 0.15) is 13.2 Å². The summed E-state index contributed by atoms with van der Waals surface area (Å²) in [5, 5.41) is 3.30. The Kier molecular flexibility index (Phi) is 5.91. The highest BCUT2D eigenvalue weighted by Gasteiger charge is 2.24. The van der Waals surface area contributed by atoms with E-state index in [2.05, 4.69) is 48.1 Å². The Morgan fingerprint density at radius 1 is 1.31 bits per heavy atom. The van der Waals surface area contributed by atoms with E-state index in [4.69, 9.17) is 15.2 Å². The van der Waals surface area contributed by atoms with Crippen LogP contribution < -0.4 is 20.5 Å². The number of hydrogen-bond acceptors (Lipinski definition) is 4. The smallest absolute Gasteiger partial charge is 0.188 e. The number of nitrogens with one attached hydrogen (secondary N) is 1. The van der Waals surface area contributed by atoms with E-state index in [0.29, 0.717) is 31.8 Å². The molecule has 1 atom stereocenters. The quantitative estimate of drug-likeness (QED) is 0.601. The minimum absolute atomic E-state index is 0.134. The molecule has 0 radical (unpaired) electrons. The van der Waals surface area contributed by atoms with Crippen molar-refractivity contribution < 1.29 is 9.47 Å². The number of nitrogens with zero attached hydrogens (tertiary/aromatic N) is 2. The van der Waals surface area contributed by atoms with Gasteiger partial charge in [0.25, 0.3) is 0 Å². The third-order valence-electron chi connectivity index (χ3n) is 5.39. The van der Waals surface area contributed by atoms with Crippen molar-refractivity contribution in [2.45, 2.75) is 45.1 Å². The van der Waals surface area contributed by atoms with Crippen molar-refractivity contribution in [2.75, 3.05) is 39.4 Å². The Hall–Kier alpha value is -1.95. The van der Waals surface area contributed by atoms with E-state index in [9.17, 15) is 0 Å². The highest BCUT2D eigenvalue weighted by atomic mass is 16.6. The fraction of sp³-hybridized carbons (Fsp3) is 0.650. The summed E-state index contributed by atoms with van der Waals surface area (Å²) < 4.78 is 11.3. The molecule has 1 saturated heterocycles. The van der Waals surface area contributed by atoms with Crippen LogP contribution >= 0.6 is 0 Å². The van der Waals surface area contributed by atoms with Gasteiger partial charge in [0.15, 0.2) is 17.5 Å². The number of nitrogens with two attached hydrogens (primary N) is 1. The largest absolute Gasteiger partial charge is 0.486 e. The summed E-state index contributed by atoms with van der Waals surface area (Å²) in [6.45, 7) is 11.5. The van der Waals surface area contributed by atoms with Crippen molar-refractivity contribution in [3.63, 3.8) is 0 Å². The van der Waals surface area contributed by atoms with Crippen LogP contribution in [0.5, 0.6) is 11.5 Å². The van der Waals surface area contributed by atoms with Crippen molar-refractivity contribution >= 4 is 5.96 Å². The molecule has 6 nitrogen and oxygen atoms in total. The summed E-state index contributed by atoms with van der Waals surface area (Å²) in [7, 11) is 0. The lowest BCUT2D eigenvalue weighted by molar-refractivity contribution is 0.171. The van der Waals surface area contributed by atoms with E-state index in [1.807, 2.05) is 6.07 Å². The van der Waals surface area contributed by atoms with Crippen LogP contribution in [0.25, 0.3) is 0 Å². The maximum Gasteiger partial charge on any atom is 0.188 e. The molecule has 0 aromatic heterocycles. The minimum Gasteiger partial charge on any atom is -0.486 e. The standard InChI is InChI=1S/C20H32N4O2/c1-4-24-9-5-6-16(24)13-22-19(21)23-14-20(2,3)15-7-8-17-18(12-15)26-11-10-25-17/h7-8,12,16H,4-6,9-11,13-14H2,1-3H3,(H3,21,22,23). The average Bonchev–Trinajstić information content (AvgIpc) is 3.12. The fourth-order valence-electron chi connectivity index (χ4n) is 3.66. The van der Waals surface area contributed by atoms with Crippen molar-refractivity contribution in [1.82, 2.24) is 10.2 Å². The van der Waals surface area contributed by atoms with Crippen LogP contribution in [0, 0.1) is 0 Å². The fourth-order valence-corrected chi connectivity index (χ4v) is 3.66. The van der Waals surface area contributed by atoms with Crippen molar-refractivity contribution in [1.29, 1.82) is 0 Å². The highest BCUT2D eigenvalue weighted by Crippen LogP contribution is 2.35. The van der Waals surface area contributed by atoms with Gasteiger partial charge in [-0.05, 0) is 43.6 Å². The van der Waals surface area contributed by atoms with E-state index < -0.39 is 0 Å². The van der Waals surface area contributed by atoms with Crippen LogP contribution in [0.2, 0.25) is 0 Å². The first-order valence-electron chi connectivity index (χ1n) is 9.67. The number of likely N-dealkylation sites (tertiary alicyclic amines) is 1. The molecule has 6 heteroatoms. The Morgan fingerprint density at radius 3 is 2.85 bits per heavy atom. The topological polar surface area (TPSA) is 72.1 Å². The number of likely N-dealkylation sites (N-methyl/N-ethyl adjacent to an activating group) is 1. The van der Waals surface area contributed by atoms with Crippen LogP contribution in [0.4, 0.5) is 0 Å². The first kappa shape index (κ1) is 18.8. The van der Waals surface area contributed by atoms with Crippen LogP contribution in [0.15, 0.2) is 23.2 Å². The third kappa shape index (κ3) is 4.41. The molecule has 2 aliphatic rings. The van der Waals surface area contributed by atoms with E-state index >= 15 is 0 Å². The summed E-state index contributed by atoms with van der Waals surface area (Å²) in [5.74, 6) is 2.16. The number of rotatable bonds is 6. The van der Waals surface area contributed by atoms with Gasteiger partial charge in [-0.25, -0.2) is 0 Å². The predicted molar refractivity (Wildman–Crippen MR) is 105 cm³/mol. The van der Waals surface area contributed by atoms with E-state index in [0.717, 1.165) is 24.6 Å². The second kappa shape index (κ2) is 8.16. The van der Waals surface area contributed by atoms with Crippen LogP contribution in [-0.4, -0.2) is 56.3 Å². The SMILES string of the molecule is CCN1CCCC1CNC(N)=NCC(C)(C)c1ccc2c(c1)OCCO2. The van der Waals surface area contributed by atoms with Gasteiger partial charge in [-0.1, -0.05) is 26.8 Å². The molecule has 3 N–H and O–H groups in total. The van der Waals surface area contributed by atoms with Gasteiger partial charge in [0.2, 0.25) is 0 Å². The van der Waals surface area contributed by atoms with Gasteiger partial charge in [-0.15, -0.1) is 0 Å². The molecule has 1 unspecified atom stereocenters. The summed E-state index contributed by atoms with van der Waals surface area (Å²) in [4.78, 5) is 7.09. The number of aliphatic imine (C=N–C) groups is 1. The molecule has 1 aromatic rings. The van der Waals surface area contributed by atoms with E-state index in [1.165, 1.54) is 24.9 Å². The maximum atomic E-state index is 6.11. The molecule has 0 amide bonds. The van der Waals surface area contributed by atoms with Gasteiger partial charge >= 0.3 is 0 Å². The molecule has 3 rings (SSSR count). The minimum atomic E-state index is -0.134. The summed E-state index contributed by atoms with van der Waals surface area (Å²) in [6.07, 6.45) is 2.51. The number of ether oxygens (including phenoxy) is 2. The van der Waals surface area contributed by atoms with Crippen molar-refractivity contribution in [3.8, 4) is 11.5 Å². The molecule has 0 spiro atoms. The molecule has 26 heavy (non-hydrogen) atoms. The second-order valence-electron chi connectivity index (χ2n) is 7.75. The lowest BCUT2D eigenvalue weighted by Crippen LogP contribution is -2.43. The number of guanidine groups is 1. The van der Waals surface area contributed by atoms with Gasteiger partial charge in [0, 0.05) is 18.0 Å². The Morgan fingerprint density at radius 2 is 2.08 bits per heavy atom. The van der Waals surface area contributed by atoms with Crippen LogP contribution in [0.3, 0.4) is 0 Å². The first-order chi connectivity index (χ1) is 12.5. The molecule has 1 aromatic carbocycles. The first-order valence-corrected chi connectivity index (χ1v) is 9.67. The van der Waals surface area contributed by atoms with Gasteiger partial charge < -0.3 is 20.5 Å². The van der Waals surface area contributed by atoms with Gasteiger partial charge in [-0.2, -0.15) is 0 Å². The molecule has 2 heterocycles. The zero-order valence-electron chi connectivity index (χ0n) is 16.3. The monoisotopic (exact) mass is 360 g/mol. The number of hydrogen-bond donors (Lipinski definition) is 2. The summed E-state index contributed by atoms with van der Waals surface area (Å²) >= 11 is 0. The zero-order chi connectivity index (χ0) is 18.6. The van der Waals surface area contributed by atoms with Crippen LogP contribution in [0.1, 0.15) is 39.2 Å².